The van der Waals surface area contributed by atoms with Gasteiger partial charge in [0.2, 0.25) is 0 Å². The van der Waals surface area contributed by atoms with Gasteiger partial charge >= 0.3 is 0 Å². The summed E-state index contributed by atoms with van der Waals surface area (Å²) < 4.78 is 12.9. The maximum atomic E-state index is 12.9. The van der Waals surface area contributed by atoms with E-state index in [-0.39, 0.29) is 11.4 Å². The van der Waals surface area contributed by atoms with E-state index in [1.165, 1.54) is 12.1 Å². The molecule has 0 amide bonds. The summed E-state index contributed by atoms with van der Waals surface area (Å²) in [7, 11) is 2.13. The monoisotopic (exact) mass is 279 g/mol. The lowest BCUT2D eigenvalue weighted by atomic mass is 10.0. The van der Waals surface area contributed by atoms with Crippen molar-refractivity contribution in [2.75, 3.05) is 39.8 Å². The zero-order valence-corrected chi connectivity index (χ0v) is 12.8. The van der Waals surface area contributed by atoms with Crippen LogP contribution in [0.25, 0.3) is 0 Å². The van der Waals surface area contributed by atoms with Gasteiger partial charge in [0, 0.05) is 44.8 Å². The molecule has 2 rings (SSSR count). The maximum Gasteiger partial charge on any atom is 0.123 e. The summed E-state index contributed by atoms with van der Waals surface area (Å²) in [5.74, 6) is -0.169. The molecule has 4 heteroatoms. The van der Waals surface area contributed by atoms with E-state index in [9.17, 15) is 4.39 Å². The van der Waals surface area contributed by atoms with Crippen LogP contribution in [-0.4, -0.2) is 55.1 Å². The molecule has 1 aromatic carbocycles. The minimum absolute atomic E-state index is 0.164. The zero-order valence-electron chi connectivity index (χ0n) is 12.8. The van der Waals surface area contributed by atoms with Gasteiger partial charge in [-0.05, 0) is 38.6 Å². The second kappa shape index (κ2) is 6.66. The fraction of sp³-hybridized carbons (Fsp3) is 0.625. The van der Waals surface area contributed by atoms with Gasteiger partial charge in [0.05, 0.1) is 0 Å². The van der Waals surface area contributed by atoms with E-state index in [4.69, 9.17) is 0 Å². The van der Waals surface area contributed by atoms with Crippen molar-refractivity contribution in [2.24, 2.45) is 0 Å². The van der Waals surface area contributed by atoms with Gasteiger partial charge in [0.15, 0.2) is 0 Å². The molecule has 3 nitrogen and oxygen atoms in total. The number of hydrogen-bond acceptors (Lipinski definition) is 3. The zero-order chi connectivity index (χ0) is 14.6. The molecule has 0 aliphatic carbocycles. The van der Waals surface area contributed by atoms with Crippen LogP contribution in [-0.2, 0) is 6.54 Å². The van der Waals surface area contributed by atoms with Crippen molar-refractivity contribution >= 4 is 0 Å². The van der Waals surface area contributed by atoms with Crippen molar-refractivity contribution in [3.63, 3.8) is 0 Å². The normalized spacial score (nSPS) is 17.6. The van der Waals surface area contributed by atoms with Crippen LogP contribution in [0.4, 0.5) is 4.39 Å². The highest BCUT2D eigenvalue weighted by atomic mass is 19.1. The van der Waals surface area contributed by atoms with Gasteiger partial charge in [-0.15, -0.1) is 0 Å². The molecule has 1 N–H and O–H groups in total. The first kappa shape index (κ1) is 15.4. The highest BCUT2D eigenvalue weighted by Crippen LogP contribution is 2.17. The summed E-state index contributed by atoms with van der Waals surface area (Å²) in [5, 5.41) is 3.39. The highest BCUT2D eigenvalue weighted by molar-refractivity contribution is 5.15. The second-order valence-electron chi connectivity index (χ2n) is 6.35. The molecule has 1 fully saturated rings. The van der Waals surface area contributed by atoms with Crippen LogP contribution in [0.15, 0.2) is 24.3 Å². The summed E-state index contributed by atoms with van der Waals surface area (Å²) >= 11 is 0. The first-order valence-electron chi connectivity index (χ1n) is 7.36. The Hall–Kier alpha value is -0.970. The molecular formula is C16H26FN3. The Balaban J connectivity index is 1.89. The average molecular weight is 279 g/mol. The number of halogens is 1. The van der Waals surface area contributed by atoms with Crippen LogP contribution < -0.4 is 5.32 Å². The van der Waals surface area contributed by atoms with Crippen molar-refractivity contribution in [3.8, 4) is 0 Å². The molecule has 1 aliphatic heterocycles. The molecule has 0 spiro atoms. The first-order valence-corrected chi connectivity index (χ1v) is 7.36. The third kappa shape index (κ3) is 4.27. The van der Waals surface area contributed by atoms with E-state index in [0.29, 0.717) is 0 Å². The molecule has 0 unspecified atom stereocenters. The molecular weight excluding hydrogens is 253 g/mol. The maximum absolute atomic E-state index is 12.9. The number of nitrogens with one attached hydrogen (secondary N) is 1. The highest BCUT2D eigenvalue weighted by Gasteiger charge is 2.28. The number of hydrogen-bond donors (Lipinski definition) is 1. The number of rotatable bonds is 5. The molecule has 0 saturated carbocycles. The van der Waals surface area contributed by atoms with Crippen molar-refractivity contribution < 1.29 is 4.39 Å². The van der Waals surface area contributed by atoms with Gasteiger partial charge in [0.25, 0.3) is 0 Å². The van der Waals surface area contributed by atoms with Gasteiger partial charge < -0.3 is 10.2 Å². The Morgan fingerprint density at radius 2 is 1.80 bits per heavy atom. The van der Waals surface area contributed by atoms with E-state index in [1.54, 1.807) is 0 Å². The molecule has 0 radical (unpaired) electrons. The molecule has 1 saturated heterocycles. The quantitative estimate of drug-likeness (QED) is 0.888. The molecule has 1 aromatic rings. The molecule has 0 bridgehead atoms. The minimum atomic E-state index is -0.169. The van der Waals surface area contributed by atoms with Crippen LogP contribution in [0.2, 0.25) is 0 Å². The average Bonchev–Trinajstić information content (AvgIpc) is 2.42. The van der Waals surface area contributed by atoms with Crippen LogP contribution in [0, 0.1) is 5.82 Å². The lowest BCUT2D eigenvalue weighted by molar-refractivity contribution is 0.0693. The SMILES string of the molecule is CN(Cc1ccc(F)cc1)CC(C)(C)N1CCNCC1. The Labute approximate surface area is 121 Å². The van der Waals surface area contributed by atoms with E-state index < -0.39 is 0 Å². The van der Waals surface area contributed by atoms with E-state index >= 15 is 0 Å². The van der Waals surface area contributed by atoms with Gasteiger partial charge in [-0.25, -0.2) is 4.39 Å². The molecule has 1 aliphatic rings. The Morgan fingerprint density at radius 1 is 1.20 bits per heavy atom. The Bertz CT molecular complexity index is 410. The number of benzene rings is 1. The number of likely N-dealkylation sites (N-methyl/N-ethyl adjacent to an activating group) is 1. The van der Waals surface area contributed by atoms with Crippen molar-refractivity contribution in [2.45, 2.75) is 25.9 Å². The number of piperazine rings is 1. The Kier molecular flexibility index (Phi) is 5.13. The molecule has 1 heterocycles. The predicted molar refractivity (Wildman–Crippen MR) is 81.3 cm³/mol. The lowest BCUT2D eigenvalue weighted by Crippen LogP contribution is -2.57. The fourth-order valence-corrected chi connectivity index (χ4v) is 2.99. The Morgan fingerprint density at radius 3 is 2.40 bits per heavy atom. The van der Waals surface area contributed by atoms with Crippen LogP contribution >= 0.6 is 0 Å². The summed E-state index contributed by atoms with van der Waals surface area (Å²) in [6.45, 7) is 10.8. The van der Waals surface area contributed by atoms with Gasteiger partial charge in [-0.1, -0.05) is 12.1 Å². The van der Waals surface area contributed by atoms with E-state index in [0.717, 1.165) is 44.8 Å². The smallest absolute Gasteiger partial charge is 0.123 e. The fourth-order valence-electron chi connectivity index (χ4n) is 2.99. The van der Waals surface area contributed by atoms with Gasteiger partial charge in [0.1, 0.15) is 5.82 Å². The van der Waals surface area contributed by atoms with Crippen molar-refractivity contribution in [1.82, 2.24) is 15.1 Å². The minimum Gasteiger partial charge on any atom is -0.314 e. The first-order chi connectivity index (χ1) is 9.47. The molecule has 20 heavy (non-hydrogen) atoms. The largest absolute Gasteiger partial charge is 0.314 e. The van der Waals surface area contributed by atoms with Crippen LogP contribution in [0.3, 0.4) is 0 Å². The van der Waals surface area contributed by atoms with E-state index in [2.05, 4.69) is 36.0 Å². The topological polar surface area (TPSA) is 18.5 Å². The standard InChI is InChI=1S/C16H26FN3/c1-16(2,20-10-8-18-9-11-20)13-19(3)12-14-4-6-15(17)7-5-14/h4-7,18H,8-13H2,1-3H3. The second-order valence-corrected chi connectivity index (χ2v) is 6.35. The lowest BCUT2D eigenvalue weighted by Gasteiger charge is -2.43. The molecule has 0 aromatic heterocycles. The van der Waals surface area contributed by atoms with Crippen LogP contribution in [0.1, 0.15) is 19.4 Å². The van der Waals surface area contributed by atoms with Crippen LogP contribution in [0.5, 0.6) is 0 Å². The summed E-state index contributed by atoms with van der Waals surface area (Å²) in [6.07, 6.45) is 0. The summed E-state index contributed by atoms with van der Waals surface area (Å²) in [4.78, 5) is 4.86. The van der Waals surface area contributed by atoms with E-state index in [1.807, 2.05) is 12.1 Å². The summed E-state index contributed by atoms with van der Waals surface area (Å²) in [5.41, 5.74) is 1.32. The van der Waals surface area contributed by atoms with Gasteiger partial charge in [-0.3, -0.25) is 4.90 Å². The summed E-state index contributed by atoms with van der Waals surface area (Å²) in [6, 6.07) is 6.79. The third-order valence-corrected chi connectivity index (χ3v) is 4.00. The third-order valence-electron chi connectivity index (χ3n) is 4.00. The van der Waals surface area contributed by atoms with Crippen molar-refractivity contribution in [3.05, 3.63) is 35.6 Å². The molecule has 112 valence electrons. The van der Waals surface area contributed by atoms with Gasteiger partial charge in [-0.2, -0.15) is 0 Å². The number of nitrogens with zero attached hydrogens (tertiary/aromatic N) is 2. The predicted octanol–water partition coefficient (Wildman–Crippen LogP) is 1.94. The van der Waals surface area contributed by atoms with Crippen molar-refractivity contribution in [1.29, 1.82) is 0 Å². The molecule has 0 atom stereocenters.